The zero-order valence-corrected chi connectivity index (χ0v) is 15.5. The van der Waals surface area contributed by atoms with Crippen molar-refractivity contribution in [2.45, 2.75) is 19.6 Å². The number of nitrogens with zero attached hydrogens (tertiary/aromatic N) is 1. The number of nitrogens with two attached hydrogens (primary N) is 1. The maximum atomic E-state index is 13.9. The van der Waals surface area contributed by atoms with E-state index >= 15 is 0 Å². The summed E-state index contributed by atoms with van der Waals surface area (Å²) < 4.78 is 36.6. The molecular formula is C16H18F2N4O5S. The van der Waals surface area contributed by atoms with Crippen LogP contribution in [-0.4, -0.2) is 45.8 Å². The number of aliphatic hydroxyl groups is 2. The summed E-state index contributed by atoms with van der Waals surface area (Å²) in [6, 6.07) is 1.21. The molecule has 1 aromatic carbocycles. The van der Waals surface area contributed by atoms with Crippen LogP contribution in [0.25, 0.3) is 0 Å². The van der Waals surface area contributed by atoms with Crippen LogP contribution < -0.4 is 21.1 Å². The van der Waals surface area contributed by atoms with Crippen LogP contribution in [0.5, 0.6) is 5.88 Å². The molecule has 1 heterocycles. The smallest absolute Gasteiger partial charge is 0.320 e. The van der Waals surface area contributed by atoms with E-state index in [1.165, 1.54) is 6.92 Å². The lowest BCUT2D eigenvalue weighted by Gasteiger charge is -2.10. The molecule has 6 N–H and O–H groups in total. The fourth-order valence-corrected chi connectivity index (χ4v) is 2.78. The Labute approximate surface area is 162 Å². The van der Waals surface area contributed by atoms with E-state index in [1.807, 2.05) is 0 Å². The number of ether oxygens (including phenoxy) is 1. The molecule has 0 bridgehead atoms. The number of aryl methyl sites for hydroxylation is 1. The number of halogens is 2. The van der Waals surface area contributed by atoms with Crippen molar-refractivity contribution < 1.29 is 33.3 Å². The second-order valence-electron chi connectivity index (χ2n) is 5.71. The molecule has 9 nitrogen and oxygen atoms in total. The van der Waals surface area contributed by atoms with E-state index < -0.39 is 42.9 Å². The van der Waals surface area contributed by atoms with Crippen molar-refractivity contribution in [3.05, 3.63) is 40.5 Å². The van der Waals surface area contributed by atoms with Crippen LogP contribution in [0, 0.1) is 18.6 Å². The monoisotopic (exact) mass is 416 g/mol. The molecule has 0 spiro atoms. The lowest BCUT2D eigenvalue weighted by molar-refractivity contribution is 0.0964. The molecule has 1 unspecified atom stereocenters. The Morgan fingerprint density at radius 1 is 1.36 bits per heavy atom. The van der Waals surface area contributed by atoms with Gasteiger partial charge in [0.2, 0.25) is 5.88 Å². The Balaban J connectivity index is 2.11. The molecule has 0 aliphatic carbocycles. The highest BCUT2D eigenvalue weighted by atomic mass is 32.1. The average Bonchev–Trinajstić information content (AvgIpc) is 3.04. The van der Waals surface area contributed by atoms with Crippen LogP contribution in [0.4, 0.5) is 18.6 Å². The third kappa shape index (κ3) is 5.34. The average molecular weight is 416 g/mol. The van der Waals surface area contributed by atoms with Gasteiger partial charge >= 0.3 is 6.03 Å². The number of amides is 3. The Morgan fingerprint density at radius 3 is 2.71 bits per heavy atom. The predicted molar refractivity (Wildman–Crippen MR) is 96.2 cm³/mol. The SMILES string of the molecule is Cc1cc(F)c(COc2nsc(NC(=O)NCC(O)CO)c2C(N)=O)cc1F. The highest BCUT2D eigenvalue weighted by Crippen LogP contribution is 2.31. The van der Waals surface area contributed by atoms with Gasteiger partial charge in [-0.2, -0.15) is 4.37 Å². The van der Waals surface area contributed by atoms with Gasteiger partial charge in [-0.1, -0.05) is 0 Å². The fourth-order valence-electron chi connectivity index (χ4n) is 2.04. The first kappa shape index (κ1) is 21.5. The van der Waals surface area contributed by atoms with Crippen molar-refractivity contribution in [3.63, 3.8) is 0 Å². The molecule has 3 amide bonds. The minimum absolute atomic E-state index is 0.0333. The topological polar surface area (TPSA) is 147 Å². The van der Waals surface area contributed by atoms with E-state index in [1.54, 1.807) is 0 Å². The fraction of sp³-hybridized carbons (Fsp3) is 0.312. The predicted octanol–water partition coefficient (Wildman–Crippen LogP) is 0.882. The van der Waals surface area contributed by atoms with Gasteiger partial charge in [-0.05, 0) is 36.2 Å². The lowest BCUT2D eigenvalue weighted by Crippen LogP contribution is -2.36. The van der Waals surface area contributed by atoms with Crippen molar-refractivity contribution in [1.29, 1.82) is 0 Å². The Morgan fingerprint density at radius 2 is 2.07 bits per heavy atom. The largest absolute Gasteiger partial charge is 0.471 e. The third-order valence-corrected chi connectivity index (χ3v) is 4.28. The number of rotatable bonds is 8. The minimum Gasteiger partial charge on any atom is -0.471 e. The molecule has 0 saturated heterocycles. The number of carbonyl (C=O) groups is 2. The summed E-state index contributed by atoms with van der Waals surface area (Å²) in [5, 5.41) is 22.5. The van der Waals surface area contributed by atoms with E-state index in [9.17, 15) is 23.5 Å². The number of urea groups is 1. The number of aromatic nitrogens is 1. The van der Waals surface area contributed by atoms with Gasteiger partial charge in [-0.3, -0.25) is 10.1 Å². The number of primary amides is 1. The van der Waals surface area contributed by atoms with Gasteiger partial charge in [0.25, 0.3) is 5.91 Å². The molecule has 1 atom stereocenters. The quantitative estimate of drug-likeness (QED) is 0.432. The van der Waals surface area contributed by atoms with E-state index in [2.05, 4.69) is 15.0 Å². The molecule has 1 aromatic heterocycles. The summed E-state index contributed by atoms with van der Waals surface area (Å²) >= 11 is 0.690. The standard InChI is InChI=1S/C16H18F2N4O5S/c1-7-2-11(18)8(3-10(7)17)6-27-14-12(13(19)25)15(28-22-14)21-16(26)20-4-9(24)5-23/h2-3,9,23-24H,4-6H2,1H3,(H2,19,25)(H2,20,21,26). The number of anilines is 1. The summed E-state index contributed by atoms with van der Waals surface area (Å²) in [4.78, 5) is 23.5. The first-order valence-corrected chi connectivity index (χ1v) is 8.70. The number of carbonyl (C=O) groups excluding carboxylic acids is 2. The van der Waals surface area contributed by atoms with Crippen LogP contribution in [0.1, 0.15) is 21.5 Å². The molecule has 0 saturated carbocycles. The zero-order valence-electron chi connectivity index (χ0n) is 14.7. The number of hydrogen-bond acceptors (Lipinski definition) is 7. The van der Waals surface area contributed by atoms with Crippen LogP contribution in [0.3, 0.4) is 0 Å². The molecule has 28 heavy (non-hydrogen) atoms. The van der Waals surface area contributed by atoms with Gasteiger partial charge < -0.3 is 26.0 Å². The van der Waals surface area contributed by atoms with Gasteiger partial charge in [-0.25, -0.2) is 13.6 Å². The minimum atomic E-state index is -1.15. The summed E-state index contributed by atoms with van der Waals surface area (Å²) in [5.74, 6) is -2.50. The van der Waals surface area contributed by atoms with Crippen LogP contribution in [0.15, 0.2) is 12.1 Å². The van der Waals surface area contributed by atoms with Crippen LogP contribution in [-0.2, 0) is 6.61 Å². The van der Waals surface area contributed by atoms with Crippen molar-refractivity contribution in [2.24, 2.45) is 5.73 Å². The van der Waals surface area contributed by atoms with Crippen LogP contribution in [0.2, 0.25) is 0 Å². The van der Waals surface area contributed by atoms with Crippen molar-refractivity contribution in [3.8, 4) is 5.88 Å². The first-order chi connectivity index (χ1) is 13.2. The second-order valence-corrected chi connectivity index (χ2v) is 6.48. The molecule has 2 rings (SSSR count). The molecule has 0 aliphatic rings. The van der Waals surface area contributed by atoms with Gasteiger partial charge in [0, 0.05) is 12.1 Å². The Kier molecular flexibility index (Phi) is 7.20. The molecule has 0 radical (unpaired) electrons. The number of hydrogen-bond donors (Lipinski definition) is 5. The summed E-state index contributed by atoms with van der Waals surface area (Å²) in [7, 11) is 0. The summed E-state index contributed by atoms with van der Waals surface area (Å²) in [5.41, 5.74) is 5.10. The van der Waals surface area contributed by atoms with Gasteiger partial charge in [0.05, 0.1) is 12.7 Å². The van der Waals surface area contributed by atoms with E-state index in [4.69, 9.17) is 15.6 Å². The highest BCUT2D eigenvalue weighted by Gasteiger charge is 2.22. The number of aliphatic hydroxyl groups excluding tert-OH is 2. The lowest BCUT2D eigenvalue weighted by atomic mass is 10.1. The van der Waals surface area contributed by atoms with Crippen molar-refractivity contribution in [2.75, 3.05) is 18.5 Å². The normalized spacial score (nSPS) is 11.8. The van der Waals surface area contributed by atoms with E-state index in [0.29, 0.717) is 11.5 Å². The third-order valence-electron chi connectivity index (χ3n) is 3.54. The van der Waals surface area contributed by atoms with Gasteiger partial charge in [0.1, 0.15) is 28.8 Å². The van der Waals surface area contributed by atoms with Crippen LogP contribution >= 0.6 is 11.5 Å². The number of benzene rings is 1. The van der Waals surface area contributed by atoms with Crippen molar-refractivity contribution >= 4 is 28.5 Å². The Bertz CT molecular complexity index is 877. The summed E-state index contributed by atoms with van der Waals surface area (Å²) in [6.07, 6.45) is -1.15. The molecular weight excluding hydrogens is 398 g/mol. The maximum absolute atomic E-state index is 13.9. The second kappa shape index (κ2) is 9.39. The van der Waals surface area contributed by atoms with Crippen molar-refractivity contribution in [1.82, 2.24) is 9.69 Å². The molecule has 0 fully saturated rings. The highest BCUT2D eigenvalue weighted by molar-refractivity contribution is 7.11. The van der Waals surface area contributed by atoms with Gasteiger partial charge in [-0.15, -0.1) is 0 Å². The first-order valence-electron chi connectivity index (χ1n) is 7.93. The van der Waals surface area contributed by atoms with E-state index in [0.717, 1.165) is 12.1 Å². The zero-order chi connectivity index (χ0) is 20.8. The maximum Gasteiger partial charge on any atom is 0.320 e. The molecule has 0 aliphatic heterocycles. The molecule has 12 heteroatoms. The Hall–Kier alpha value is -2.83. The van der Waals surface area contributed by atoms with E-state index in [-0.39, 0.29) is 34.1 Å². The number of nitrogens with one attached hydrogen (secondary N) is 2. The summed E-state index contributed by atoms with van der Waals surface area (Å²) in [6.45, 7) is 0.231. The molecule has 152 valence electrons. The molecule has 2 aromatic rings. The van der Waals surface area contributed by atoms with Gasteiger partial charge in [0.15, 0.2) is 0 Å².